The van der Waals surface area contributed by atoms with Crippen molar-refractivity contribution in [2.45, 2.75) is 66.3 Å². The van der Waals surface area contributed by atoms with E-state index in [1.54, 1.807) is 33.2 Å². The highest BCUT2D eigenvalue weighted by Crippen LogP contribution is 2.23. The number of ketones is 1. The topological polar surface area (TPSA) is 76.6 Å². The Morgan fingerprint density at radius 3 is 2.44 bits per heavy atom. The van der Waals surface area contributed by atoms with Gasteiger partial charge in [0.1, 0.15) is 6.04 Å². The maximum atomic E-state index is 12.7. The second-order valence-corrected chi connectivity index (χ2v) is 7.21. The predicted molar refractivity (Wildman–Crippen MR) is 104 cm³/mol. The Morgan fingerprint density at radius 1 is 1.22 bits per heavy atom. The Bertz CT molecular complexity index is 628. The number of esters is 1. The molecule has 0 saturated carbocycles. The molecular weight excluding hydrogens is 344 g/mol. The maximum Gasteiger partial charge on any atom is 0.328 e. The average molecular weight is 376 g/mol. The van der Waals surface area contributed by atoms with E-state index in [1.165, 1.54) is 4.90 Å². The van der Waals surface area contributed by atoms with E-state index in [2.05, 4.69) is 4.98 Å². The third-order valence-corrected chi connectivity index (χ3v) is 4.91. The van der Waals surface area contributed by atoms with Gasteiger partial charge in [-0.15, -0.1) is 0 Å². The summed E-state index contributed by atoms with van der Waals surface area (Å²) in [5.74, 6) is -1.53. The molecular formula is C21H32N2O4. The zero-order valence-electron chi connectivity index (χ0n) is 17.2. The van der Waals surface area contributed by atoms with Gasteiger partial charge in [-0.05, 0) is 44.2 Å². The third-order valence-electron chi connectivity index (χ3n) is 4.91. The molecule has 6 nitrogen and oxygen atoms in total. The Balaban J connectivity index is 2.65. The van der Waals surface area contributed by atoms with E-state index in [1.807, 2.05) is 26.0 Å². The zero-order chi connectivity index (χ0) is 20.4. The van der Waals surface area contributed by atoms with E-state index in [-0.39, 0.29) is 13.2 Å². The highest BCUT2D eigenvalue weighted by molar-refractivity contribution is 6.38. The van der Waals surface area contributed by atoms with Gasteiger partial charge in [-0.1, -0.05) is 33.8 Å². The standard InChI is InChI=1S/C21H32N2O4/c1-6-17(23(8-3)19(25)18(24)21(4,5)7-2)20(26)27-14-10-12-16-11-9-13-22-15-16/h9,11,13,15,17H,6-8,10,12,14H2,1-5H3. The van der Waals surface area contributed by atoms with Crippen LogP contribution in [0.15, 0.2) is 24.5 Å². The Morgan fingerprint density at radius 2 is 1.93 bits per heavy atom. The molecule has 0 fully saturated rings. The van der Waals surface area contributed by atoms with Crippen molar-refractivity contribution in [1.29, 1.82) is 0 Å². The van der Waals surface area contributed by atoms with E-state index < -0.39 is 29.1 Å². The quantitative estimate of drug-likeness (QED) is 0.337. The first-order chi connectivity index (χ1) is 12.8. The molecule has 1 atom stereocenters. The van der Waals surface area contributed by atoms with Gasteiger partial charge in [0.25, 0.3) is 5.91 Å². The van der Waals surface area contributed by atoms with Crippen molar-refractivity contribution < 1.29 is 19.1 Å². The molecule has 0 spiro atoms. The predicted octanol–water partition coefficient (Wildman–Crippen LogP) is 3.19. The lowest BCUT2D eigenvalue weighted by Gasteiger charge is -2.30. The van der Waals surface area contributed by atoms with Crippen molar-refractivity contribution in [2.75, 3.05) is 13.2 Å². The monoisotopic (exact) mass is 376 g/mol. The summed E-state index contributed by atoms with van der Waals surface area (Å²) in [4.78, 5) is 43.1. The number of hydrogen-bond donors (Lipinski definition) is 0. The van der Waals surface area contributed by atoms with Crippen molar-refractivity contribution in [1.82, 2.24) is 9.88 Å². The van der Waals surface area contributed by atoms with Crippen LogP contribution in [0.3, 0.4) is 0 Å². The average Bonchev–Trinajstić information content (AvgIpc) is 2.68. The molecule has 1 aromatic rings. The first-order valence-corrected chi connectivity index (χ1v) is 9.69. The van der Waals surface area contributed by atoms with Crippen molar-refractivity contribution in [3.63, 3.8) is 0 Å². The van der Waals surface area contributed by atoms with Crippen LogP contribution in [0.25, 0.3) is 0 Å². The van der Waals surface area contributed by atoms with Gasteiger partial charge in [0.2, 0.25) is 5.78 Å². The molecule has 0 N–H and O–H groups in total. The van der Waals surface area contributed by atoms with Gasteiger partial charge in [0, 0.05) is 24.4 Å². The number of pyridine rings is 1. The molecule has 1 aromatic heterocycles. The summed E-state index contributed by atoms with van der Waals surface area (Å²) in [6.07, 6.45) is 5.90. The number of rotatable bonds is 11. The summed E-state index contributed by atoms with van der Waals surface area (Å²) < 4.78 is 5.38. The van der Waals surface area contributed by atoms with Crippen molar-refractivity contribution >= 4 is 17.7 Å². The van der Waals surface area contributed by atoms with Crippen LogP contribution < -0.4 is 0 Å². The summed E-state index contributed by atoms with van der Waals surface area (Å²) in [7, 11) is 0. The van der Waals surface area contributed by atoms with Crippen LogP contribution in [0.2, 0.25) is 0 Å². The number of ether oxygens (including phenoxy) is 1. The largest absolute Gasteiger partial charge is 0.464 e. The van der Waals surface area contributed by atoms with E-state index in [9.17, 15) is 14.4 Å². The molecule has 0 aliphatic carbocycles. The molecule has 0 aliphatic rings. The number of amides is 1. The molecule has 0 saturated heterocycles. The fourth-order valence-corrected chi connectivity index (χ4v) is 2.69. The van der Waals surface area contributed by atoms with Crippen LogP contribution in [0.4, 0.5) is 0 Å². The molecule has 150 valence electrons. The van der Waals surface area contributed by atoms with Crippen molar-refractivity contribution in [2.24, 2.45) is 5.41 Å². The van der Waals surface area contributed by atoms with Gasteiger partial charge >= 0.3 is 5.97 Å². The van der Waals surface area contributed by atoms with Gasteiger partial charge in [0.15, 0.2) is 0 Å². The van der Waals surface area contributed by atoms with Crippen LogP contribution >= 0.6 is 0 Å². The molecule has 0 radical (unpaired) electrons. The summed E-state index contributed by atoms with van der Waals surface area (Å²) in [6, 6.07) is 3.11. The third kappa shape index (κ3) is 6.45. The van der Waals surface area contributed by atoms with E-state index in [0.29, 0.717) is 19.3 Å². The number of carbonyl (C=O) groups excluding carboxylic acids is 3. The summed E-state index contributed by atoms with van der Waals surface area (Å²) in [5, 5.41) is 0. The first kappa shape index (κ1) is 22.8. The lowest BCUT2D eigenvalue weighted by Crippen LogP contribution is -2.50. The molecule has 1 heterocycles. The molecule has 0 aliphatic heterocycles. The summed E-state index contributed by atoms with van der Waals surface area (Å²) in [5.41, 5.74) is 0.342. The highest BCUT2D eigenvalue weighted by atomic mass is 16.5. The van der Waals surface area contributed by atoms with Crippen LogP contribution in [0.1, 0.15) is 59.4 Å². The minimum Gasteiger partial charge on any atom is -0.464 e. The van der Waals surface area contributed by atoms with Gasteiger partial charge in [-0.2, -0.15) is 0 Å². The van der Waals surface area contributed by atoms with E-state index in [0.717, 1.165) is 12.0 Å². The highest BCUT2D eigenvalue weighted by Gasteiger charge is 2.38. The maximum absolute atomic E-state index is 12.7. The van der Waals surface area contributed by atoms with E-state index in [4.69, 9.17) is 4.74 Å². The van der Waals surface area contributed by atoms with Crippen LogP contribution in [0.5, 0.6) is 0 Å². The van der Waals surface area contributed by atoms with Crippen LogP contribution in [0, 0.1) is 5.41 Å². The number of Topliss-reactive ketones (excluding diaryl/α,β-unsaturated/α-hetero) is 1. The Kier molecular flexibility index (Phi) is 9.12. The molecule has 0 bridgehead atoms. The van der Waals surface area contributed by atoms with E-state index >= 15 is 0 Å². The van der Waals surface area contributed by atoms with Crippen LogP contribution in [-0.2, 0) is 25.5 Å². The SMILES string of the molecule is CCC(C(=O)OCCCc1cccnc1)N(CC)C(=O)C(=O)C(C)(C)CC. The fourth-order valence-electron chi connectivity index (χ4n) is 2.69. The Hall–Kier alpha value is -2.24. The number of nitrogens with zero attached hydrogens (tertiary/aromatic N) is 2. The lowest BCUT2D eigenvalue weighted by molar-refractivity contribution is -0.159. The zero-order valence-corrected chi connectivity index (χ0v) is 17.2. The number of hydrogen-bond acceptors (Lipinski definition) is 5. The number of carbonyl (C=O) groups is 3. The minimum atomic E-state index is -0.740. The normalized spacial score (nSPS) is 12.3. The van der Waals surface area contributed by atoms with Crippen LogP contribution in [-0.4, -0.2) is 46.7 Å². The summed E-state index contributed by atoms with van der Waals surface area (Å²) in [6.45, 7) is 9.50. The first-order valence-electron chi connectivity index (χ1n) is 9.69. The van der Waals surface area contributed by atoms with Gasteiger partial charge in [-0.25, -0.2) is 4.79 Å². The summed E-state index contributed by atoms with van der Waals surface area (Å²) >= 11 is 0. The second-order valence-electron chi connectivity index (χ2n) is 7.21. The molecule has 1 unspecified atom stereocenters. The van der Waals surface area contributed by atoms with Gasteiger partial charge in [0.05, 0.1) is 6.61 Å². The van der Waals surface area contributed by atoms with Gasteiger partial charge < -0.3 is 9.64 Å². The molecule has 1 amide bonds. The fraction of sp³-hybridized carbons (Fsp3) is 0.619. The van der Waals surface area contributed by atoms with Crippen molar-refractivity contribution in [3.05, 3.63) is 30.1 Å². The molecule has 6 heteroatoms. The number of likely N-dealkylation sites (N-methyl/N-ethyl adjacent to an activating group) is 1. The number of aromatic nitrogens is 1. The van der Waals surface area contributed by atoms with Gasteiger partial charge in [-0.3, -0.25) is 14.6 Å². The lowest BCUT2D eigenvalue weighted by atomic mass is 9.84. The second kappa shape index (κ2) is 10.8. The Labute approximate surface area is 162 Å². The molecule has 0 aromatic carbocycles. The molecule has 1 rings (SSSR count). The number of aryl methyl sites for hydroxylation is 1. The smallest absolute Gasteiger partial charge is 0.328 e. The van der Waals surface area contributed by atoms with Crippen molar-refractivity contribution in [3.8, 4) is 0 Å². The molecule has 27 heavy (non-hydrogen) atoms. The minimum absolute atomic E-state index is 0.268.